The third-order valence-corrected chi connectivity index (χ3v) is 5.41. The molecule has 3 aromatic rings. The van der Waals surface area contributed by atoms with Crippen LogP contribution in [0.15, 0.2) is 41.1 Å². The number of hydrogen-bond acceptors (Lipinski definition) is 4. The van der Waals surface area contributed by atoms with Crippen molar-refractivity contribution in [3.63, 3.8) is 0 Å². The van der Waals surface area contributed by atoms with Crippen molar-refractivity contribution in [1.82, 2.24) is 4.98 Å². The summed E-state index contributed by atoms with van der Waals surface area (Å²) in [4.78, 5) is 17.5. The normalized spacial score (nSPS) is 10.6. The van der Waals surface area contributed by atoms with Crippen LogP contribution in [0.25, 0.3) is 10.6 Å². The van der Waals surface area contributed by atoms with E-state index in [1.165, 1.54) is 11.3 Å². The predicted octanol–water partition coefficient (Wildman–Crippen LogP) is 5.04. The fourth-order valence-corrected chi connectivity index (χ4v) is 4.09. The minimum Gasteiger partial charge on any atom is -0.321 e. The highest BCUT2D eigenvalue weighted by atomic mass is 127. The average Bonchev–Trinajstić information content (AvgIpc) is 3.07. The molecule has 106 valence electrons. The molecule has 0 saturated carbocycles. The van der Waals surface area contributed by atoms with E-state index in [0.29, 0.717) is 4.88 Å². The molecule has 0 aliphatic rings. The molecule has 21 heavy (non-hydrogen) atoms. The maximum Gasteiger partial charge on any atom is 0.267 e. The van der Waals surface area contributed by atoms with E-state index in [2.05, 4.69) is 32.9 Å². The second-order valence-corrected chi connectivity index (χ2v) is 7.43. The molecule has 0 saturated heterocycles. The van der Waals surface area contributed by atoms with Gasteiger partial charge in [-0.25, -0.2) is 4.98 Å². The van der Waals surface area contributed by atoms with Crippen LogP contribution < -0.4 is 5.32 Å². The third kappa shape index (κ3) is 3.33. The molecule has 1 N–H and O–H groups in total. The highest BCUT2D eigenvalue weighted by Crippen LogP contribution is 2.29. The van der Waals surface area contributed by atoms with E-state index in [1.54, 1.807) is 11.3 Å². The average molecular weight is 426 g/mol. The van der Waals surface area contributed by atoms with Gasteiger partial charge in [-0.2, -0.15) is 11.3 Å². The summed E-state index contributed by atoms with van der Waals surface area (Å²) in [5.41, 5.74) is 2.64. The molecule has 0 aliphatic carbocycles. The molecule has 0 bridgehead atoms. The number of aryl methyl sites for hydroxylation is 1. The number of nitrogens with one attached hydrogen (secondary N) is 1. The lowest BCUT2D eigenvalue weighted by Gasteiger charge is -2.04. The summed E-state index contributed by atoms with van der Waals surface area (Å²) < 4.78 is 1.09. The van der Waals surface area contributed by atoms with E-state index in [1.807, 2.05) is 48.0 Å². The van der Waals surface area contributed by atoms with E-state index < -0.39 is 0 Å². The molecule has 2 aromatic heterocycles. The largest absolute Gasteiger partial charge is 0.321 e. The Morgan fingerprint density at radius 3 is 2.90 bits per heavy atom. The molecule has 6 heteroatoms. The Balaban J connectivity index is 1.85. The van der Waals surface area contributed by atoms with Gasteiger partial charge in [-0.3, -0.25) is 4.79 Å². The number of benzene rings is 1. The molecule has 3 nitrogen and oxygen atoms in total. The first-order valence-corrected chi connectivity index (χ1v) is 9.04. The van der Waals surface area contributed by atoms with Gasteiger partial charge >= 0.3 is 0 Å². The predicted molar refractivity (Wildman–Crippen MR) is 97.3 cm³/mol. The quantitative estimate of drug-likeness (QED) is 0.597. The van der Waals surface area contributed by atoms with Crippen molar-refractivity contribution in [2.75, 3.05) is 5.32 Å². The van der Waals surface area contributed by atoms with Gasteiger partial charge in [0, 0.05) is 20.2 Å². The lowest BCUT2D eigenvalue weighted by atomic mass is 10.3. The molecule has 0 fully saturated rings. The summed E-state index contributed by atoms with van der Waals surface area (Å²) in [6, 6.07) is 9.76. The maximum atomic E-state index is 12.4. The van der Waals surface area contributed by atoms with Crippen LogP contribution >= 0.6 is 45.3 Å². The fourth-order valence-electron chi connectivity index (χ4n) is 1.87. The summed E-state index contributed by atoms with van der Waals surface area (Å²) in [6.45, 7) is 1.87. The van der Waals surface area contributed by atoms with Crippen molar-refractivity contribution >= 4 is 56.9 Å². The Kier molecular flexibility index (Phi) is 4.37. The molecule has 1 aromatic carbocycles. The Morgan fingerprint density at radius 1 is 1.33 bits per heavy atom. The summed E-state index contributed by atoms with van der Waals surface area (Å²) in [5, 5.41) is 7.87. The van der Waals surface area contributed by atoms with Gasteiger partial charge in [-0.15, -0.1) is 11.3 Å². The molecular formula is C15H11IN2OS2. The van der Waals surface area contributed by atoms with Crippen molar-refractivity contribution in [2.24, 2.45) is 0 Å². The Hall–Kier alpha value is -1.25. The summed E-state index contributed by atoms with van der Waals surface area (Å²) in [7, 11) is 0. The van der Waals surface area contributed by atoms with Crippen molar-refractivity contribution in [3.8, 4) is 10.6 Å². The fraction of sp³-hybridized carbons (Fsp3) is 0.0667. The second-order valence-electron chi connectivity index (χ2n) is 4.41. The topological polar surface area (TPSA) is 42.0 Å². The Labute approximate surface area is 144 Å². The number of hydrogen-bond donors (Lipinski definition) is 1. The van der Waals surface area contributed by atoms with Crippen LogP contribution in [0.5, 0.6) is 0 Å². The first kappa shape index (κ1) is 14.7. The minimum absolute atomic E-state index is 0.103. The van der Waals surface area contributed by atoms with Crippen molar-refractivity contribution < 1.29 is 4.79 Å². The highest BCUT2D eigenvalue weighted by molar-refractivity contribution is 14.1. The van der Waals surface area contributed by atoms with E-state index in [0.717, 1.165) is 25.5 Å². The standard InChI is InChI=1S/C15H11IN2OS2/c1-9-13(21-15(17-9)10-5-6-20-8-10)14(19)18-12-4-2-3-11(16)7-12/h2-8H,1H3,(H,18,19). The molecule has 0 atom stereocenters. The smallest absolute Gasteiger partial charge is 0.267 e. The van der Waals surface area contributed by atoms with Crippen LogP contribution in [0.2, 0.25) is 0 Å². The SMILES string of the molecule is Cc1nc(-c2ccsc2)sc1C(=O)Nc1cccc(I)c1. The van der Waals surface area contributed by atoms with Crippen molar-refractivity contribution in [2.45, 2.75) is 6.92 Å². The van der Waals surface area contributed by atoms with Gasteiger partial charge in [-0.05, 0) is 59.2 Å². The lowest BCUT2D eigenvalue weighted by molar-refractivity contribution is 0.103. The van der Waals surface area contributed by atoms with E-state index in [-0.39, 0.29) is 5.91 Å². The summed E-state index contributed by atoms with van der Waals surface area (Å²) in [5.74, 6) is -0.103. The van der Waals surface area contributed by atoms with Gasteiger partial charge in [0.15, 0.2) is 0 Å². The van der Waals surface area contributed by atoms with Crippen LogP contribution in [0.3, 0.4) is 0 Å². The highest BCUT2D eigenvalue weighted by Gasteiger charge is 2.16. The van der Waals surface area contributed by atoms with Gasteiger partial charge in [0.05, 0.1) is 5.69 Å². The number of halogens is 1. The number of anilines is 1. The molecule has 0 aliphatic heterocycles. The molecular weight excluding hydrogens is 415 g/mol. The lowest BCUT2D eigenvalue weighted by Crippen LogP contribution is -2.11. The van der Waals surface area contributed by atoms with Crippen LogP contribution in [0.4, 0.5) is 5.69 Å². The zero-order chi connectivity index (χ0) is 14.8. The molecule has 2 heterocycles. The van der Waals surface area contributed by atoms with E-state index >= 15 is 0 Å². The van der Waals surface area contributed by atoms with Crippen LogP contribution in [-0.4, -0.2) is 10.9 Å². The van der Waals surface area contributed by atoms with Gasteiger partial charge in [0.25, 0.3) is 5.91 Å². The number of aromatic nitrogens is 1. The number of rotatable bonds is 3. The Bertz CT molecular complexity index is 781. The molecule has 1 amide bonds. The third-order valence-electron chi connectivity index (χ3n) is 2.85. The molecule has 3 rings (SSSR count). The summed E-state index contributed by atoms with van der Waals surface area (Å²) in [6.07, 6.45) is 0. The number of nitrogens with zero attached hydrogens (tertiary/aromatic N) is 1. The van der Waals surface area contributed by atoms with Crippen LogP contribution in [0.1, 0.15) is 15.4 Å². The van der Waals surface area contributed by atoms with Gasteiger partial charge in [0.1, 0.15) is 9.88 Å². The zero-order valence-electron chi connectivity index (χ0n) is 11.1. The first-order chi connectivity index (χ1) is 10.1. The minimum atomic E-state index is -0.103. The maximum absolute atomic E-state index is 12.4. The first-order valence-electron chi connectivity index (χ1n) is 6.20. The molecule has 0 unspecified atom stereocenters. The van der Waals surface area contributed by atoms with Gasteiger partial charge in [0.2, 0.25) is 0 Å². The van der Waals surface area contributed by atoms with Crippen LogP contribution in [-0.2, 0) is 0 Å². The van der Waals surface area contributed by atoms with Gasteiger partial charge < -0.3 is 5.32 Å². The molecule has 0 radical (unpaired) electrons. The zero-order valence-corrected chi connectivity index (χ0v) is 14.9. The van der Waals surface area contributed by atoms with Gasteiger partial charge in [-0.1, -0.05) is 6.07 Å². The van der Waals surface area contributed by atoms with Crippen LogP contribution in [0, 0.1) is 10.5 Å². The number of amides is 1. The monoisotopic (exact) mass is 426 g/mol. The summed E-state index contributed by atoms with van der Waals surface area (Å²) >= 11 is 5.28. The second kappa shape index (κ2) is 6.25. The number of carbonyl (C=O) groups is 1. The van der Waals surface area contributed by atoms with Crippen molar-refractivity contribution in [3.05, 3.63) is 55.2 Å². The number of thiophene rings is 1. The number of carbonyl (C=O) groups excluding carboxylic acids is 1. The molecule has 0 spiro atoms. The number of thiazole rings is 1. The van der Waals surface area contributed by atoms with E-state index in [4.69, 9.17) is 0 Å². The van der Waals surface area contributed by atoms with E-state index in [9.17, 15) is 4.79 Å². The Morgan fingerprint density at radius 2 is 2.19 bits per heavy atom. The van der Waals surface area contributed by atoms with Crippen molar-refractivity contribution in [1.29, 1.82) is 0 Å².